The van der Waals surface area contributed by atoms with E-state index in [-0.39, 0.29) is 0 Å². The van der Waals surface area contributed by atoms with Gasteiger partial charge in [0.15, 0.2) is 0 Å². The highest BCUT2D eigenvalue weighted by Crippen LogP contribution is 2.28. The minimum absolute atomic E-state index is 0.582. The van der Waals surface area contributed by atoms with Crippen LogP contribution in [0.15, 0.2) is 54.6 Å². The van der Waals surface area contributed by atoms with Gasteiger partial charge in [0.05, 0.1) is 7.11 Å². The molecule has 2 aromatic carbocycles. The standard InChI is InChI=1S/C23H31NO/c1-18(21-6-4-3-5-7-21)17-24-22-12-8-19(9-13-22)16-20-10-14-23(25-2)15-11-20/h3-7,10-11,14-15,18-19,22,24H,8-9,12-13,16-17H2,1-2H3/t18-,19-,22-/m1/s1. The Kier molecular flexibility index (Phi) is 6.52. The number of methoxy groups -OCH3 is 1. The van der Waals surface area contributed by atoms with Crippen LogP contribution in [0.25, 0.3) is 0 Å². The molecule has 0 aromatic heterocycles. The van der Waals surface area contributed by atoms with E-state index in [4.69, 9.17) is 4.74 Å². The minimum atomic E-state index is 0.582. The molecule has 0 heterocycles. The summed E-state index contributed by atoms with van der Waals surface area (Å²) in [5.74, 6) is 2.36. The summed E-state index contributed by atoms with van der Waals surface area (Å²) in [6.45, 7) is 3.40. The zero-order valence-electron chi connectivity index (χ0n) is 15.6. The first kappa shape index (κ1) is 18.0. The van der Waals surface area contributed by atoms with Crippen molar-refractivity contribution in [1.29, 1.82) is 0 Å². The van der Waals surface area contributed by atoms with Crippen LogP contribution in [-0.2, 0) is 6.42 Å². The Morgan fingerprint density at radius 2 is 1.64 bits per heavy atom. The normalized spacial score (nSPS) is 21.7. The molecule has 2 heteroatoms. The highest BCUT2D eigenvalue weighted by atomic mass is 16.5. The number of hydrogen-bond acceptors (Lipinski definition) is 2. The molecule has 0 amide bonds. The molecule has 0 bridgehead atoms. The molecule has 0 radical (unpaired) electrons. The molecule has 134 valence electrons. The van der Waals surface area contributed by atoms with Crippen LogP contribution in [0.1, 0.15) is 49.7 Å². The summed E-state index contributed by atoms with van der Waals surface area (Å²) in [6.07, 6.45) is 6.49. The Hall–Kier alpha value is -1.80. The van der Waals surface area contributed by atoms with Crippen LogP contribution in [-0.4, -0.2) is 19.7 Å². The van der Waals surface area contributed by atoms with Gasteiger partial charge in [0, 0.05) is 12.6 Å². The van der Waals surface area contributed by atoms with Gasteiger partial charge in [-0.3, -0.25) is 0 Å². The van der Waals surface area contributed by atoms with Crippen molar-refractivity contribution in [1.82, 2.24) is 5.32 Å². The SMILES string of the molecule is COc1ccc(C[C@H]2CC[C@H](NC[C@@H](C)c3ccccc3)CC2)cc1. The van der Waals surface area contributed by atoms with Gasteiger partial charge < -0.3 is 10.1 Å². The fourth-order valence-corrected chi connectivity index (χ4v) is 3.91. The molecule has 3 rings (SSSR count). The lowest BCUT2D eigenvalue weighted by molar-refractivity contribution is 0.288. The van der Waals surface area contributed by atoms with Crippen molar-refractivity contribution in [2.45, 2.75) is 51.0 Å². The molecular formula is C23H31NO. The lowest BCUT2D eigenvalue weighted by Gasteiger charge is -2.30. The molecule has 1 aliphatic carbocycles. The summed E-state index contributed by atoms with van der Waals surface area (Å²) in [5.41, 5.74) is 2.87. The Bertz CT molecular complexity index is 614. The van der Waals surface area contributed by atoms with Crippen molar-refractivity contribution in [2.75, 3.05) is 13.7 Å². The molecule has 1 fully saturated rings. The van der Waals surface area contributed by atoms with E-state index in [1.165, 1.54) is 43.2 Å². The molecule has 0 unspecified atom stereocenters. The lowest BCUT2D eigenvalue weighted by atomic mass is 9.82. The Morgan fingerprint density at radius 3 is 2.28 bits per heavy atom. The van der Waals surface area contributed by atoms with Crippen LogP contribution < -0.4 is 10.1 Å². The fourth-order valence-electron chi connectivity index (χ4n) is 3.91. The van der Waals surface area contributed by atoms with Gasteiger partial charge in [0.25, 0.3) is 0 Å². The third kappa shape index (κ3) is 5.34. The van der Waals surface area contributed by atoms with Gasteiger partial charge >= 0.3 is 0 Å². The van der Waals surface area contributed by atoms with E-state index in [2.05, 4.69) is 66.8 Å². The minimum Gasteiger partial charge on any atom is -0.497 e. The monoisotopic (exact) mass is 337 g/mol. The van der Waals surface area contributed by atoms with Crippen LogP contribution in [0.2, 0.25) is 0 Å². The molecule has 1 saturated carbocycles. The van der Waals surface area contributed by atoms with Gasteiger partial charge in [-0.25, -0.2) is 0 Å². The van der Waals surface area contributed by atoms with Gasteiger partial charge in [-0.2, -0.15) is 0 Å². The summed E-state index contributed by atoms with van der Waals surface area (Å²) in [7, 11) is 1.72. The Labute approximate surface area is 152 Å². The van der Waals surface area contributed by atoms with E-state index in [1.807, 2.05) is 0 Å². The van der Waals surface area contributed by atoms with Gasteiger partial charge in [-0.1, -0.05) is 49.4 Å². The lowest BCUT2D eigenvalue weighted by Crippen LogP contribution is -2.35. The third-order valence-corrected chi connectivity index (χ3v) is 5.61. The number of rotatable bonds is 7. The summed E-state index contributed by atoms with van der Waals surface area (Å²) in [5, 5.41) is 3.80. The molecule has 2 aromatic rings. The molecule has 1 atom stereocenters. The first-order valence-corrected chi connectivity index (χ1v) is 9.66. The maximum absolute atomic E-state index is 5.24. The maximum atomic E-state index is 5.24. The molecule has 1 aliphatic rings. The molecule has 0 saturated heterocycles. The second kappa shape index (κ2) is 9.05. The van der Waals surface area contributed by atoms with Crippen molar-refractivity contribution in [3.05, 3.63) is 65.7 Å². The van der Waals surface area contributed by atoms with E-state index in [0.29, 0.717) is 12.0 Å². The second-order valence-corrected chi connectivity index (χ2v) is 7.49. The van der Waals surface area contributed by atoms with E-state index < -0.39 is 0 Å². The highest BCUT2D eigenvalue weighted by molar-refractivity contribution is 5.27. The Balaban J connectivity index is 1.39. The van der Waals surface area contributed by atoms with Gasteiger partial charge in [-0.05, 0) is 67.2 Å². The summed E-state index contributed by atoms with van der Waals surface area (Å²) >= 11 is 0. The van der Waals surface area contributed by atoms with Crippen molar-refractivity contribution in [3.8, 4) is 5.75 Å². The fraction of sp³-hybridized carbons (Fsp3) is 0.478. The number of benzene rings is 2. The third-order valence-electron chi connectivity index (χ3n) is 5.61. The van der Waals surface area contributed by atoms with Crippen LogP contribution in [0.4, 0.5) is 0 Å². The summed E-state index contributed by atoms with van der Waals surface area (Å²) < 4.78 is 5.24. The number of nitrogens with one attached hydrogen (secondary N) is 1. The molecule has 0 spiro atoms. The first-order chi connectivity index (χ1) is 12.2. The van der Waals surface area contributed by atoms with Crippen molar-refractivity contribution >= 4 is 0 Å². The molecule has 2 nitrogen and oxygen atoms in total. The van der Waals surface area contributed by atoms with Crippen molar-refractivity contribution in [2.24, 2.45) is 5.92 Å². The van der Waals surface area contributed by atoms with Gasteiger partial charge in [-0.15, -0.1) is 0 Å². The van der Waals surface area contributed by atoms with Crippen LogP contribution >= 0.6 is 0 Å². The van der Waals surface area contributed by atoms with Gasteiger partial charge in [0.2, 0.25) is 0 Å². The second-order valence-electron chi connectivity index (χ2n) is 7.49. The topological polar surface area (TPSA) is 21.3 Å². The van der Waals surface area contributed by atoms with Gasteiger partial charge in [0.1, 0.15) is 5.75 Å². The van der Waals surface area contributed by atoms with E-state index in [9.17, 15) is 0 Å². The van der Waals surface area contributed by atoms with E-state index in [0.717, 1.165) is 18.2 Å². The largest absolute Gasteiger partial charge is 0.497 e. The zero-order chi connectivity index (χ0) is 17.5. The summed E-state index contributed by atoms with van der Waals surface area (Å²) in [6, 6.07) is 20.1. The van der Waals surface area contributed by atoms with Crippen molar-refractivity contribution < 1.29 is 4.74 Å². The zero-order valence-corrected chi connectivity index (χ0v) is 15.6. The smallest absolute Gasteiger partial charge is 0.118 e. The van der Waals surface area contributed by atoms with Crippen LogP contribution in [0.3, 0.4) is 0 Å². The van der Waals surface area contributed by atoms with Crippen molar-refractivity contribution in [3.63, 3.8) is 0 Å². The van der Waals surface area contributed by atoms with E-state index >= 15 is 0 Å². The number of hydrogen-bond donors (Lipinski definition) is 1. The maximum Gasteiger partial charge on any atom is 0.118 e. The average molecular weight is 338 g/mol. The highest BCUT2D eigenvalue weighted by Gasteiger charge is 2.21. The Morgan fingerprint density at radius 1 is 0.960 bits per heavy atom. The quantitative estimate of drug-likeness (QED) is 0.751. The average Bonchev–Trinajstić information content (AvgIpc) is 2.68. The first-order valence-electron chi connectivity index (χ1n) is 9.66. The number of ether oxygens (including phenoxy) is 1. The predicted octanol–water partition coefficient (Wildman–Crippen LogP) is 5.19. The van der Waals surface area contributed by atoms with Crippen LogP contribution in [0.5, 0.6) is 5.75 Å². The molecule has 1 N–H and O–H groups in total. The molecule has 0 aliphatic heterocycles. The summed E-state index contributed by atoms with van der Waals surface area (Å²) in [4.78, 5) is 0. The van der Waals surface area contributed by atoms with E-state index in [1.54, 1.807) is 7.11 Å². The molecule has 25 heavy (non-hydrogen) atoms. The van der Waals surface area contributed by atoms with Crippen LogP contribution in [0, 0.1) is 5.92 Å². The predicted molar refractivity (Wildman–Crippen MR) is 105 cm³/mol. The molecular weight excluding hydrogens is 306 g/mol.